The van der Waals surface area contributed by atoms with E-state index in [2.05, 4.69) is 71.1 Å². The first kappa shape index (κ1) is 15.6. The zero-order chi connectivity index (χ0) is 15.0. The predicted molar refractivity (Wildman–Crippen MR) is 88.1 cm³/mol. The highest BCUT2D eigenvalue weighted by Crippen LogP contribution is 2.57. The summed E-state index contributed by atoms with van der Waals surface area (Å²) in [6.45, 7) is 15.0. The average Bonchev–Trinajstić information content (AvgIpc) is 2.98. The summed E-state index contributed by atoms with van der Waals surface area (Å²) in [7, 11) is 0. The van der Waals surface area contributed by atoms with Gasteiger partial charge in [-0.3, -0.25) is 0 Å². The van der Waals surface area contributed by atoms with Crippen LogP contribution in [0.1, 0.15) is 71.6 Å². The second-order valence-corrected chi connectivity index (χ2v) is 8.10. The minimum absolute atomic E-state index is 0.240. The molecule has 112 valence electrons. The van der Waals surface area contributed by atoms with E-state index in [-0.39, 0.29) is 5.41 Å². The van der Waals surface area contributed by atoms with Gasteiger partial charge in [-0.1, -0.05) is 65.8 Å². The van der Waals surface area contributed by atoms with Crippen LogP contribution < -0.4 is 5.32 Å². The van der Waals surface area contributed by atoms with Gasteiger partial charge in [-0.2, -0.15) is 0 Å². The highest BCUT2D eigenvalue weighted by Gasteiger charge is 2.50. The summed E-state index contributed by atoms with van der Waals surface area (Å²) in [5.41, 5.74) is 3.63. The molecule has 20 heavy (non-hydrogen) atoms. The minimum atomic E-state index is 0.240. The molecule has 1 saturated carbocycles. The Morgan fingerprint density at radius 2 is 1.75 bits per heavy atom. The van der Waals surface area contributed by atoms with Crippen LogP contribution in [0.25, 0.3) is 0 Å². The number of benzene rings is 1. The van der Waals surface area contributed by atoms with E-state index in [1.165, 1.54) is 24.0 Å². The SMILES string of the molecule is CCCNC(c1ccc(C(C)(C)C)cc1)C1CC1(C)C. The molecule has 2 atom stereocenters. The molecular weight excluding hydrogens is 242 g/mol. The lowest BCUT2D eigenvalue weighted by molar-refractivity contribution is 0.415. The van der Waals surface area contributed by atoms with Crippen molar-refractivity contribution >= 4 is 0 Å². The van der Waals surface area contributed by atoms with Crippen molar-refractivity contribution in [2.75, 3.05) is 6.54 Å². The predicted octanol–water partition coefficient (Wildman–Crippen LogP) is 5.07. The molecule has 2 rings (SSSR count). The minimum Gasteiger partial charge on any atom is -0.310 e. The van der Waals surface area contributed by atoms with Gasteiger partial charge in [0.05, 0.1) is 0 Å². The summed E-state index contributed by atoms with van der Waals surface area (Å²) in [6, 6.07) is 9.82. The van der Waals surface area contributed by atoms with Gasteiger partial charge in [0.25, 0.3) is 0 Å². The van der Waals surface area contributed by atoms with Crippen LogP contribution in [0.2, 0.25) is 0 Å². The van der Waals surface area contributed by atoms with Crippen molar-refractivity contribution in [3.8, 4) is 0 Å². The van der Waals surface area contributed by atoms with Gasteiger partial charge in [0.2, 0.25) is 0 Å². The van der Waals surface area contributed by atoms with Crippen LogP contribution in [0.3, 0.4) is 0 Å². The fourth-order valence-corrected chi connectivity index (χ4v) is 3.06. The zero-order valence-electron chi connectivity index (χ0n) is 14.1. The van der Waals surface area contributed by atoms with Crippen molar-refractivity contribution in [3.63, 3.8) is 0 Å². The lowest BCUT2D eigenvalue weighted by atomic mass is 9.85. The third-order valence-corrected chi connectivity index (χ3v) is 4.74. The summed E-state index contributed by atoms with van der Waals surface area (Å²) in [6.07, 6.45) is 2.54. The molecule has 0 radical (unpaired) electrons. The number of hydrogen-bond donors (Lipinski definition) is 1. The average molecular weight is 273 g/mol. The van der Waals surface area contributed by atoms with Crippen LogP contribution >= 0.6 is 0 Å². The van der Waals surface area contributed by atoms with Crippen molar-refractivity contribution in [1.82, 2.24) is 5.32 Å². The molecule has 1 aromatic rings. The molecule has 0 spiro atoms. The highest BCUT2D eigenvalue weighted by atomic mass is 14.9. The van der Waals surface area contributed by atoms with Crippen molar-refractivity contribution in [1.29, 1.82) is 0 Å². The number of rotatable bonds is 5. The van der Waals surface area contributed by atoms with E-state index >= 15 is 0 Å². The molecule has 0 aromatic heterocycles. The molecule has 1 N–H and O–H groups in total. The van der Waals surface area contributed by atoms with E-state index in [1.54, 1.807) is 0 Å². The van der Waals surface area contributed by atoms with E-state index in [0.717, 1.165) is 12.5 Å². The molecule has 0 heterocycles. The van der Waals surface area contributed by atoms with E-state index in [0.29, 0.717) is 11.5 Å². The van der Waals surface area contributed by atoms with E-state index in [4.69, 9.17) is 0 Å². The van der Waals surface area contributed by atoms with E-state index < -0.39 is 0 Å². The Hall–Kier alpha value is -0.820. The zero-order valence-corrected chi connectivity index (χ0v) is 14.1. The molecule has 0 saturated heterocycles. The van der Waals surface area contributed by atoms with Crippen molar-refractivity contribution in [3.05, 3.63) is 35.4 Å². The van der Waals surface area contributed by atoms with Crippen molar-refractivity contribution in [2.45, 2.75) is 65.8 Å². The maximum atomic E-state index is 3.76. The fourth-order valence-electron chi connectivity index (χ4n) is 3.06. The maximum absolute atomic E-state index is 3.76. The lowest BCUT2D eigenvalue weighted by Crippen LogP contribution is -2.25. The topological polar surface area (TPSA) is 12.0 Å². The van der Waals surface area contributed by atoms with Gasteiger partial charge in [0.15, 0.2) is 0 Å². The van der Waals surface area contributed by atoms with Gasteiger partial charge in [-0.25, -0.2) is 0 Å². The van der Waals surface area contributed by atoms with Gasteiger partial charge in [-0.15, -0.1) is 0 Å². The van der Waals surface area contributed by atoms with Gasteiger partial charge in [0.1, 0.15) is 0 Å². The van der Waals surface area contributed by atoms with Gasteiger partial charge < -0.3 is 5.32 Å². The number of nitrogens with one attached hydrogen (secondary N) is 1. The van der Waals surface area contributed by atoms with E-state index in [9.17, 15) is 0 Å². The normalized spacial score (nSPS) is 22.6. The van der Waals surface area contributed by atoms with Crippen LogP contribution in [-0.4, -0.2) is 6.54 Å². The molecule has 1 nitrogen and oxygen atoms in total. The Labute approximate surface area is 125 Å². The Kier molecular flexibility index (Phi) is 4.30. The third-order valence-electron chi connectivity index (χ3n) is 4.74. The van der Waals surface area contributed by atoms with Crippen molar-refractivity contribution < 1.29 is 0 Å². The van der Waals surface area contributed by atoms with Crippen molar-refractivity contribution in [2.24, 2.45) is 11.3 Å². The highest BCUT2D eigenvalue weighted by molar-refractivity contribution is 5.31. The molecule has 1 fully saturated rings. The Bertz CT molecular complexity index is 436. The van der Waals surface area contributed by atoms with Crippen LogP contribution in [0, 0.1) is 11.3 Å². The van der Waals surface area contributed by atoms with Crippen LogP contribution in [0.4, 0.5) is 0 Å². The molecule has 0 amide bonds. The smallest absolute Gasteiger partial charge is 0.0353 e. The molecule has 0 aliphatic heterocycles. The first-order valence-corrected chi connectivity index (χ1v) is 8.09. The first-order valence-electron chi connectivity index (χ1n) is 8.09. The lowest BCUT2D eigenvalue weighted by Gasteiger charge is -2.23. The Morgan fingerprint density at radius 3 is 2.15 bits per heavy atom. The van der Waals surface area contributed by atoms with Crippen LogP contribution in [0.15, 0.2) is 24.3 Å². The maximum Gasteiger partial charge on any atom is 0.0353 e. The fraction of sp³-hybridized carbons (Fsp3) is 0.684. The summed E-state index contributed by atoms with van der Waals surface area (Å²) >= 11 is 0. The van der Waals surface area contributed by atoms with Gasteiger partial charge >= 0.3 is 0 Å². The van der Waals surface area contributed by atoms with Crippen LogP contribution in [-0.2, 0) is 5.41 Å². The quantitative estimate of drug-likeness (QED) is 0.789. The van der Waals surface area contributed by atoms with Gasteiger partial charge in [-0.05, 0) is 47.3 Å². The van der Waals surface area contributed by atoms with Crippen LogP contribution in [0.5, 0.6) is 0 Å². The number of hydrogen-bond acceptors (Lipinski definition) is 1. The molecule has 1 aromatic carbocycles. The molecular formula is C19H31N. The Balaban J connectivity index is 2.17. The summed E-state index contributed by atoms with van der Waals surface area (Å²) in [4.78, 5) is 0. The molecule has 2 unspecified atom stereocenters. The summed E-state index contributed by atoms with van der Waals surface area (Å²) < 4.78 is 0. The van der Waals surface area contributed by atoms with E-state index in [1.807, 2.05) is 0 Å². The summed E-state index contributed by atoms with van der Waals surface area (Å²) in [5, 5.41) is 3.76. The largest absolute Gasteiger partial charge is 0.310 e. The second-order valence-electron chi connectivity index (χ2n) is 8.10. The second kappa shape index (κ2) is 5.52. The summed E-state index contributed by atoms with van der Waals surface area (Å²) in [5.74, 6) is 0.787. The molecule has 1 aliphatic carbocycles. The third kappa shape index (κ3) is 3.44. The monoisotopic (exact) mass is 273 g/mol. The molecule has 1 heteroatoms. The standard InChI is InChI=1S/C19H31N/c1-7-12-20-17(16-13-19(16,5)6)14-8-10-15(11-9-14)18(2,3)4/h8-11,16-17,20H,7,12-13H2,1-6H3. The van der Waals surface area contributed by atoms with Gasteiger partial charge in [0, 0.05) is 6.04 Å². The molecule has 0 bridgehead atoms. The Morgan fingerprint density at radius 1 is 1.20 bits per heavy atom. The molecule has 1 aliphatic rings. The first-order chi connectivity index (χ1) is 9.25.